The van der Waals surface area contributed by atoms with Crippen molar-refractivity contribution in [3.8, 4) is 12.3 Å². The topological polar surface area (TPSA) is 35.5 Å². The normalized spacial score (nSPS) is 25.8. The van der Waals surface area contributed by atoms with Crippen LogP contribution in [0.25, 0.3) is 0 Å². The van der Waals surface area contributed by atoms with Crippen molar-refractivity contribution in [3.05, 3.63) is 0 Å². The maximum absolute atomic E-state index is 10.3. The van der Waals surface area contributed by atoms with Gasteiger partial charge in [-0.25, -0.2) is 0 Å². The molecule has 0 aromatic heterocycles. The van der Waals surface area contributed by atoms with Gasteiger partial charge in [0.2, 0.25) is 0 Å². The zero-order chi connectivity index (χ0) is 8.81. The van der Waals surface area contributed by atoms with Crippen molar-refractivity contribution in [1.29, 1.82) is 0 Å². The highest BCUT2D eigenvalue weighted by atomic mass is 16.7. The van der Waals surface area contributed by atoms with Crippen LogP contribution in [0.1, 0.15) is 19.3 Å². The van der Waals surface area contributed by atoms with Crippen LogP contribution in [0.5, 0.6) is 0 Å². The van der Waals surface area contributed by atoms with Gasteiger partial charge in [0.25, 0.3) is 0 Å². The fraction of sp³-hybridized carbons (Fsp3) is 0.667. The fourth-order valence-electron chi connectivity index (χ4n) is 1.09. The summed E-state index contributed by atoms with van der Waals surface area (Å²) in [6.07, 6.45) is 7.56. The van der Waals surface area contributed by atoms with Crippen molar-refractivity contribution >= 4 is 6.29 Å². The molecule has 1 heterocycles. The minimum Gasteiger partial charge on any atom is -0.353 e. The monoisotopic (exact) mass is 168 g/mol. The number of hydrogen-bond donors (Lipinski definition) is 0. The highest BCUT2D eigenvalue weighted by Crippen LogP contribution is 2.14. The van der Waals surface area contributed by atoms with Crippen molar-refractivity contribution in [2.24, 2.45) is 0 Å². The zero-order valence-electron chi connectivity index (χ0n) is 6.86. The first-order chi connectivity index (χ1) is 5.86. The molecule has 0 N–H and O–H groups in total. The van der Waals surface area contributed by atoms with Crippen LogP contribution in [-0.4, -0.2) is 25.3 Å². The molecule has 1 rings (SSSR count). The molecule has 0 bridgehead atoms. The van der Waals surface area contributed by atoms with E-state index in [2.05, 4.69) is 5.92 Å². The number of carbonyl (C=O) groups is 1. The van der Waals surface area contributed by atoms with E-state index >= 15 is 0 Å². The second kappa shape index (κ2) is 4.91. The summed E-state index contributed by atoms with van der Waals surface area (Å²) < 4.78 is 10.4. The molecule has 0 spiro atoms. The van der Waals surface area contributed by atoms with Gasteiger partial charge in [-0.05, 0) is 19.3 Å². The Labute approximate surface area is 72.0 Å². The van der Waals surface area contributed by atoms with Gasteiger partial charge in [0.1, 0.15) is 0 Å². The van der Waals surface area contributed by atoms with Crippen LogP contribution in [-0.2, 0) is 14.3 Å². The molecule has 3 nitrogen and oxygen atoms in total. The van der Waals surface area contributed by atoms with Crippen LogP contribution in [0.15, 0.2) is 0 Å². The highest BCUT2D eigenvalue weighted by molar-refractivity contribution is 5.61. The van der Waals surface area contributed by atoms with Gasteiger partial charge < -0.3 is 9.47 Å². The fourth-order valence-corrected chi connectivity index (χ4v) is 1.09. The Hall–Kier alpha value is -0.850. The maximum Gasteiger partial charge on any atom is 0.176 e. The molecular weight excluding hydrogens is 156 g/mol. The average molecular weight is 168 g/mol. The third-order valence-corrected chi connectivity index (χ3v) is 1.72. The number of hydrogen-bond acceptors (Lipinski definition) is 3. The minimum atomic E-state index is -0.756. The number of ether oxygens (including phenoxy) is 2. The lowest BCUT2D eigenvalue weighted by molar-refractivity contribution is -0.176. The molecule has 0 aromatic rings. The summed E-state index contributed by atoms with van der Waals surface area (Å²) >= 11 is 0. The molecule has 0 aliphatic carbocycles. The highest BCUT2D eigenvalue weighted by Gasteiger charge is 2.17. The van der Waals surface area contributed by atoms with Gasteiger partial charge in [-0.15, -0.1) is 6.42 Å². The maximum atomic E-state index is 10.3. The lowest BCUT2D eigenvalue weighted by Gasteiger charge is -2.23. The standard InChI is InChI=1S/C9H12O3/c1-2-8(7-10)12-9-5-3-4-6-11-9/h1,7-9H,3-6H2/t8-,9?/m0/s1. The van der Waals surface area contributed by atoms with Gasteiger partial charge in [0.15, 0.2) is 18.7 Å². The van der Waals surface area contributed by atoms with E-state index < -0.39 is 6.10 Å². The predicted octanol–water partition coefficient (Wildman–Crippen LogP) is 0.730. The van der Waals surface area contributed by atoms with Crippen molar-refractivity contribution in [3.63, 3.8) is 0 Å². The molecule has 1 unspecified atom stereocenters. The molecule has 1 saturated heterocycles. The van der Waals surface area contributed by atoms with E-state index in [0.29, 0.717) is 12.9 Å². The van der Waals surface area contributed by atoms with Crippen LogP contribution in [0.3, 0.4) is 0 Å². The quantitative estimate of drug-likeness (QED) is 0.460. The number of terminal acetylenes is 1. The molecule has 0 radical (unpaired) electrons. The van der Waals surface area contributed by atoms with Gasteiger partial charge in [-0.2, -0.15) is 0 Å². The van der Waals surface area contributed by atoms with E-state index in [9.17, 15) is 4.79 Å². The van der Waals surface area contributed by atoms with E-state index in [-0.39, 0.29) is 6.29 Å². The Balaban J connectivity index is 2.28. The second-order valence-corrected chi connectivity index (χ2v) is 2.66. The van der Waals surface area contributed by atoms with Crippen LogP contribution in [0, 0.1) is 12.3 Å². The Morgan fingerprint density at radius 1 is 1.67 bits per heavy atom. The van der Waals surface area contributed by atoms with Gasteiger partial charge >= 0.3 is 0 Å². The molecular formula is C9H12O3. The average Bonchev–Trinajstić information content (AvgIpc) is 2.16. The van der Waals surface area contributed by atoms with Crippen molar-refractivity contribution in [2.45, 2.75) is 31.7 Å². The van der Waals surface area contributed by atoms with E-state index in [4.69, 9.17) is 15.9 Å². The third kappa shape index (κ3) is 2.65. The van der Waals surface area contributed by atoms with E-state index in [1.807, 2.05) is 0 Å². The summed E-state index contributed by atoms with van der Waals surface area (Å²) in [4.78, 5) is 10.3. The van der Waals surface area contributed by atoms with Crippen molar-refractivity contribution in [2.75, 3.05) is 6.61 Å². The van der Waals surface area contributed by atoms with Crippen LogP contribution < -0.4 is 0 Å². The van der Waals surface area contributed by atoms with Crippen molar-refractivity contribution in [1.82, 2.24) is 0 Å². The van der Waals surface area contributed by atoms with Crippen molar-refractivity contribution < 1.29 is 14.3 Å². The van der Waals surface area contributed by atoms with Crippen LogP contribution >= 0.6 is 0 Å². The summed E-state index contributed by atoms with van der Waals surface area (Å²) in [6, 6.07) is 0. The molecule has 0 amide bonds. The molecule has 66 valence electrons. The molecule has 0 aromatic carbocycles. The van der Waals surface area contributed by atoms with E-state index in [1.54, 1.807) is 0 Å². The third-order valence-electron chi connectivity index (χ3n) is 1.72. The van der Waals surface area contributed by atoms with E-state index in [0.717, 1.165) is 19.3 Å². The molecule has 1 aliphatic rings. The number of carbonyl (C=O) groups excluding carboxylic acids is 1. The summed E-state index contributed by atoms with van der Waals surface area (Å²) in [7, 11) is 0. The first kappa shape index (κ1) is 9.24. The van der Waals surface area contributed by atoms with E-state index in [1.165, 1.54) is 0 Å². The molecule has 1 fully saturated rings. The largest absolute Gasteiger partial charge is 0.353 e. The van der Waals surface area contributed by atoms with Gasteiger partial charge in [-0.1, -0.05) is 5.92 Å². The second-order valence-electron chi connectivity index (χ2n) is 2.66. The molecule has 12 heavy (non-hydrogen) atoms. The first-order valence-electron chi connectivity index (χ1n) is 4.05. The van der Waals surface area contributed by atoms with Gasteiger partial charge in [-0.3, -0.25) is 4.79 Å². The smallest absolute Gasteiger partial charge is 0.176 e. The number of aldehydes is 1. The lowest BCUT2D eigenvalue weighted by atomic mass is 10.2. The molecule has 1 aliphatic heterocycles. The predicted molar refractivity (Wildman–Crippen MR) is 43.4 cm³/mol. The number of rotatable bonds is 3. The van der Waals surface area contributed by atoms with Crippen LogP contribution in [0.4, 0.5) is 0 Å². The summed E-state index contributed by atoms with van der Waals surface area (Å²) in [5.41, 5.74) is 0. The Kier molecular flexibility index (Phi) is 3.78. The Morgan fingerprint density at radius 2 is 2.50 bits per heavy atom. The van der Waals surface area contributed by atoms with Gasteiger partial charge in [0.05, 0.1) is 0 Å². The summed E-state index contributed by atoms with van der Waals surface area (Å²) in [5.74, 6) is 2.23. The molecule has 2 atom stereocenters. The molecule has 0 saturated carbocycles. The Bertz CT molecular complexity index is 177. The zero-order valence-corrected chi connectivity index (χ0v) is 6.86. The van der Waals surface area contributed by atoms with Gasteiger partial charge in [0, 0.05) is 6.61 Å². The summed E-state index contributed by atoms with van der Waals surface area (Å²) in [5, 5.41) is 0. The SMILES string of the molecule is C#C[C@@H](C=O)OC1CCCCO1. The van der Waals surface area contributed by atoms with Crippen LogP contribution in [0.2, 0.25) is 0 Å². The minimum absolute atomic E-state index is 0.287. The first-order valence-corrected chi connectivity index (χ1v) is 4.05. The molecule has 3 heteroatoms. The lowest BCUT2D eigenvalue weighted by Crippen LogP contribution is -2.27. The Morgan fingerprint density at radius 3 is 3.00 bits per heavy atom. The summed E-state index contributed by atoms with van der Waals surface area (Å²) in [6.45, 7) is 0.695.